The molecule has 2 N–H and O–H groups in total. The van der Waals surface area contributed by atoms with Gasteiger partial charge in [-0.3, -0.25) is 10.2 Å². The first-order chi connectivity index (χ1) is 13.5. The van der Waals surface area contributed by atoms with Gasteiger partial charge in [-0.15, -0.1) is 0 Å². The molecule has 0 atom stereocenters. The number of rotatable bonds is 6. The highest BCUT2D eigenvalue weighted by Gasteiger charge is 2.18. The van der Waals surface area contributed by atoms with E-state index in [2.05, 4.69) is 40.4 Å². The maximum Gasteiger partial charge on any atom is 0.321 e. The molecule has 0 saturated carbocycles. The van der Waals surface area contributed by atoms with Crippen LogP contribution >= 0.6 is 0 Å². The number of nitrogens with one attached hydrogen (secondary N) is 2. The number of carbonyl (C=O) groups is 1. The number of aryl methyl sites for hydroxylation is 1. The van der Waals surface area contributed by atoms with E-state index in [1.165, 1.54) is 0 Å². The fourth-order valence-electron chi connectivity index (χ4n) is 2.94. The molecule has 1 saturated heterocycles. The van der Waals surface area contributed by atoms with Crippen molar-refractivity contribution in [1.29, 1.82) is 0 Å². The Morgan fingerprint density at radius 2 is 1.86 bits per heavy atom. The van der Waals surface area contributed by atoms with Gasteiger partial charge in [-0.05, 0) is 13.0 Å². The minimum atomic E-state index is -0.299. The van der Waals surface area contributed by atoms with E-state index in [0.29, 0.717) is 12.5 Å². The molecule has 0 aliphatic carbocycles. The molecule has 0 aromatic carbocycles. The highest BCUT2D eigenvalue weighted by Crippen LogP contribution is 2.12. The van der Waals surface area contributed by atoms with Gasteiger partial charge >= 0.3 is 6.03 Å². The molecule has 3 rings (SSSR count). The van der Waals surface area contributed by atoms with Gasteiger partial charge in [0.15, 0.2) is 0 Å². The van der Waals surface area contributed by atoms with Crippen molar-refractivity contribution in [3.8, 4) is 0 Å². The van der Waals surface area contributed by atoms with Gasteiger partial charge in [0.1, 0.15) is 5.82 Å². The average molecular weight is 385 g/mol. The van der Waals surface area contributed by atoms with Crippen LogP contribution in [0, 0.1) is 6.92 Å². The van der Waals surface area contributed by atoms with Crippen molar-refractivity contribution in [1.82, 2.24) is 30.2 Å². The standard InChI is InChI=1S/C18H27N9O/c1-14-13-15(25(2)3)23-16(22-14)24-18(28)21-7-8-26-9-11-27(12-10-26)17-19-5-4-6-20-17/h4-6,13H,7-12H2,1-3H3,(H2,21,22,23,24,28). The number of amides is 2. The summed E-state index contributed by atoms with van der Waals surface area (Å²) in [7, 11) is 3.80. The molecule has 0 bridgehead atoms. The van der Waals surface area contributed by atoms with E-state index in [-0.39, 0.29) is 6.03 Å². The number of urea groups is 1. The highest BCUT2D eigenvalue weighted by atomic mass is 16.2. The largest absolute Gasteiger partial charge is 0.363 e. The summed E-state index contributed by atoms with van der Waals surface area (Å²) in [5, 5.41) is 5.57. The Labute approximate surface area is 165 Å². The predicted octanol–water partition coefficient (Wildman–Crippen LogP) is 0.585. The molecule has 1 aliphatic heterocycles. The van der Waals surface area contributed by atoms with Crippen molar-refractivity contribution in [2.75, 3.05) is 68.5 Å². The van der Waals surface area contributed by atoms with Crippen molar-refractivity contribution in [3.05, 3.63) is 30.2 Å². The van der Waals surface area contributed by atoms with E-state index >= 15 is 0 Å². The normalized spacial score (nSPS) is 14.6. The lowest BCUT2D eigenvalue weighted by molar-refractivity contribution is 0.240. The molecule has 0 radical (unpaired) electrons. The van der Waals surface area contributed by atoms with Crippen molar-refractivity contribution in [2.45, 2.75) is 6.92 Å². The van der Waals surface area contributed by atoms with Crippen LogP contribution < -0.4 is 20.4 Å². The second-order valence-electron chi connectivity index (χ2n) is 6.84. The van der Waals surface area contributed by atoms with Crippen molar-refractivity contribution in [2.24, 2.45) is 0 Å². The monoisotopic (exact) mass is 385 g/mol. The molecule has 10 nitrogen and oxygen atoms in total. The Hall–Kier alpha value is -3.01. The molecule has 1 aliphatic rings. The van der Waals surface area contributed by atoms with Crippen LogP contribution in [0.3, 0.4) is 0 Å². The van der Waals surface area contributed by atoms with E-state index in [4.69, 9.17) is 0 Å². The Kier molecular flexibility index (Phi) is 6.53. The van der Waals surface area contributed by atoms with Crippen LogP contribution in [0.1, 0.15) is 5.69 Å². The Morgan fingerprint density at radius 3 is 2.54 bits per heavy atom. The molecule has 28 heavy (non-hydrogen) atoms. The van der Waals surface area contributed by atoms with Crippen molar-refractivity contribution < 1.29 is 4.79 Å². The minimum absolute atomic E-state index is 0.299. The zero-order valence-corrected chi connectivity index (χ0v) is 16.6. The summed E-state index contributed by atoms with van der Waals surface area (Å²) >= 11 is 0. The van der Waals surface area contributed by atoms with Crippen LogP contribution in [0.2, 0.25) is 0 Å². The van der Waals surface area contributed by atoms with Gasteiger partial charge in [-0.1, -0.05) is 0 Å². The summed E-state index contributed by atoms with van der Waals surface area (Å²) in [6.45, 7) is 6.79. The molecule has 2 aromatic heterocycles. The lowest BCUT2D eigenvalue weighted by atomic mass is 10.3. The van der Waals surface area contributed by atoms with Gasteiger partial charge in [0.05, 0.1) is 0 Å². The zero-order chi connectivity index (χ0) is 19.9. The summed E-state index contributed by atoms with van der Waals surface area (Å²) in [6, 6.07) is 3.38. The second-order valence-corrected chi connectivity index (χ2v) is 6.84. The Balaban J connectivity index is 1.39. The van der Waals surface area contributed by atoms with Gasteiger partial charge in [-0.2, -0.15) is 4.98 Å². The number of nitrogens with zero attached hydrogens (tertiary/aromatic N) is 7. The number of anilines is 3. The molecule has 0 unspecified atom stereocenters. The molecule has 3 heterocycles. The van der Waals surface area contributed by atoms with Gasteiger partial charge in [0, 0.05) is 77.5 Å². The summed E-state index contributed by atoms with van der Waals surface area (Å²) in [6.07, 6.45) is 3.52. The Bertz CT molecular complexity index is 776. The van der Waals surface area contributed by atoms with E-state index in [1.807, 2.05) is 38.1 Å². The summed E-state index contributed by atoms with van der Waals surface area (Å²) in [5.41, 5.74) is 0.800. The van der Waals surface area contributed by atoms with E-state index in [0.717, 1.165) is 50.2 Å². The maximum atomic E-state index is 12.1. The van der Waals surface area contributed by atoms with Crippen LogP contribution in [0.15, 0.2) is 24.5 Å². The predicted molar refractivity (Wildman–Crippen MR) is 109 cm³/mol. The fourth-order valence-corrected chi connectivity index (χ4v) is 2.94. The van der Waals surface area contributed by atoms with Crippen LogP contribution in [-0.2, 0) is 0 Å². The zero-order valence-electron chi connectivity index (χ0n) is 16.6. The van der Waals surface area contributed by atoms with Gasteiger partial charge in [0.25, 0.3) is 0 Å². The summed E-state index contributed by atoms with van der Waals surface area (Å²) < 4.78 is 0. The second kappa shape index (κ2) is 9.27. The number of piperazine rings is 1. The summed E-state index contributed by atoms with van der Waals surface area (Å²) in [5.74, 6) is 1.83. The van der Waals surface area contributed by atoms with Crippen LogP contribution in [0.4, 0.5) is 22.5 Å². The molecule has 2 aromatic rings. The topological polar surface area (TPSA) is 102 Å². The Morgan fingerprint density at radius 1 is 1.14 bits per heavy atom. The third-order valence-corrected chi connectivity index (χ3v) is 4.45. The lowest BCUT2D eigenvalue weighted by Crippen LogP contribution is -2.49. The minimum Gasteiger partial charge on any atom is -0.363 e. The number of carbonyl (C=O) groups excluding carboxylic acids is 1. The highest BCUT2D eigenvalue weighted by molar-refractivity contribution is 5.87. The molecule has 1 fully saturated rings. The van der Waals surface area contributed by atoms with Gasteiger partial charge in [0.2, 0.25) is 11.9 Å². The smallest absolute Gasteiger partial charge is 0.321 e. The quantitative estimate of drug-likeness (QED) is 0.745. The SMILES string of the molecule is Cc1cc(N(C)C)nc(NC(=O)NCCN2CCN(c3ncccn3)CC2)n1. The number of hydrogen-bond acceptors (Lipinski definition) is 8. The van der Waals surface area contributed by atoms with E-state index in [1.54, 1.807) is 12.4 Å². The number of aromatic nitrogens is 4. The molecular formula is C18H27N9O. The third kappa shape index (κ3) is 5.49. The van der Waals surface area contributed by atoms with Gasteiger partial charge in [-0.25, -0.2) is 19.7 Å². The average Bonchev–Trinajstić information content (AvgIpc) is 2.68. The number of hydrogen-bond donors (Lipinski definition) is 2. The maximum absolute atomic E-state index is 12.1. The fraction of sp³-hybridized carbons (Fsp3) is 0.500. The molecule has 150 valence electrons. The lowest BCUT2D eigenvalue weighted by Gasteiger charge is -2.34. The first-order valence-electron chi connectivity index (χ1n) is 9.33. The summed E-state index contributed by atoms with van der Waals surface area (Å²) in [4.78, 5) is 35.6. The van der Waals surface area contributed by atoms with Crippen LogP contribution in [0.5, 0.6) is 0 Å². The van der Waals surface area contributed by atoms with Crippen LogP contribution in [0.25, 0.3) is 0 Å². The first-order valence-corrected chi connectivity index (χ1v) is 9.33. The van der Waals surface area contributed by atoms with E-state index < -0.39 is 0 Å². The van der Waals surface area contributed by atoms with Crippen LogP contribution in [-0.4, -0.2) is 84.2 Å². The molecule has 2 amide bonds. The molecule has 10 heteroatoms. The van der Waals surface area contributed by atoms with Crippen molar-refractivity contribution >= 4 is 23.7 Å². The molecule has 0 spiro atoms. The van der Waals surface area contributed by atoms with Gasteiger partial charge < -0.3 is 15.1 Å². The van der Waals surface area contributed by atoms with Crippen molar-refractivity contribution in [3.63, 3.8) is 0 Å². The van der Waals surface area contributed by atoms with E-state index in [9.17, 15) is 4.79 Å². The first kappa shape index (κ1) is 19.7. The third-order valence-electron chi connectivity index (χ3n) is 4.45. The molecular weight excluding hydrogens is 358 g/mol.